The van der Waals surface area contributed by atoms with Crippen molar-refractivity contribution in [3.63, 3.8) is 0 Å². The number of aromatic nitrogens is 5. The molecule has 0 saturated carbocycles. The molecule has 5 heteroatoms. The Labute approximate surface area is 393 Å². The average Bonchev–Trinajstić information content (AvgIpc) is 3.94. The van der Waals surface area contributed by atoms with E-state index in [2.05, 4.69) is 197 Å². The zero-order chi connectivity index (χ0) is 45.0. The maximum Gasteiger partial charge on any atom is 0.164 e. The van der Waals surface area contributed by atoms with Gasteiger partial charge in [-0.25, -0.2) is 15.0 Å². The standard InChI is InChI=1S/C63H41N5/c1-4-15-42(16-5-1)43-27-33-51(34-28-43)67-57-25-12-10-23-53(57)55-40-48(31-37-59(55)67)44-29-35-52(36-30-44)68-58-26-13-11-24-54(58)56-41-49(32-38-60(56)68)47-21-14-22-50(39-47)63-65-61(45-17-6-2-7-18-45)64-62(66-63)46-19-8-3-9-20-46/h1-41H. The van der Waals surface area contributed by atoms with Crippen LogP contribution in [0.3, 0.4) is 0 Å². The van der Waals surface area contributed by atoms with Crippen molar-refractivity contribution in [2.75, 3.05) is 0 Å². The van der Waals surface area contributed by atoms with Crippen molar-refractivity contribution in [3.8, 4) is 78.9 Å². The third-order valence-corrected chi connectivity index (χ3v) is 13.2. The van der Waals surface area contributed by atoms with E-state index in [1.807, 2.05) is 60.7 Å². The number of rotatable bonds is 8. The van der Waals surface area contributed by atoms with Gasteiger partial charge in [0, 0.05) is 49.6 Å². The number of benzene rings is 10. The van der Waals surface area contributed by atoms with Crippen LogP contribution in [0.2, 0.25) is 0 Å². The summed E-state index contributed by atoms with van der Waals surface area (Å²) in [7, 11) is 0. The van der Waals surface area contributed by atoms with Crippen molar-refractivity contribution in [2.45, 2.75) is 0 Å². The van der Waals surface area contributed by atoms with Gasteiger partial charge in [-0.3, -0.25) is 0 Å². The maximum absolute atomic E-state index is 5.01. The Bertz CT molecular complexity index is 3930. The highest BCUT2D eigenvalue weighted by Crippen LogP contribution is 2.39. The molecule has 0 atom stereocenters. The van der Waals surface area contributed by atoms with Crippen molar-refractivity contribution in [1.29, 1.82) is 0 Å². The molecule has 0 aliphatic heterocycles. The fourth-order valence-corrected chi connectivity index (χ4v) is 9.87. The average molecular weight is 868 g/mol. The molecule has 0 radical (unpaired) electrons. The van der Waals surface area contributed by atoms with Crippen molar-refractivity contribution in [2.24, 2.45) is 0 Å². The highest BCUT2D eigenvalue weighted by molar-refractivity contribution is 6.12. The van der Waals surface area contributed by atoms with Crippen molar-refractivity contribution >= 4 is 43.6 Å². The Kier molecular flexibility index (Phi) is 9.43. The Hall–Kier alpha value is -9.19. The van der Waals surface area contributed by atoms with Gasteiger partial charge in [-0.2, -0.15) is 0 Å². The summed E-state index contributed by atoms with van der Waals surface area (Å²) in [5.74, 6) is 1.93. The lowest BCUT2D eigenvalue weighted by Crippen LogP contribution is -2.00. The molecule has 0 aliphatic carbocycles. The molecule has 0 unspecified atom stereocenters. The Balaban J connectivity index is 0.845. The number of fused-ring (bicyclic) bond motifs is 6. The van der Waals surface area contributed by atoms with Gasteiger partial charge >= 0.3 is 0 Å². The van der Waals surface area contributed by atoms with Crippen LogP contribution in [0, 0.1) is 0 Å². The molecule has 68 heavy (non-hydrogen) atoms. The first kappa shape index (κ1) is 39.2. The first-order valence-electron chi connectivity index (χ1n) is 23.0. The molecule has 0 saturated heterocycles. The predicted octanol–water partition coefficient (Wildman–Crippen LogP) is 16.1. The smallest absolute Gasteiger partial charge is 0.164 e. The van der Waals surface area contributed by atoms with Gasteiger partial charge in [0.25, 0.3) is 0 Å². The highest BCUT2D eigenvalue weighted by Gasteiger charge is 2.17. The fourth-order valence-electron chi connectivity index (χ4n) is 9.87. The van der Waals surface area contributed by atoms with Gasteiger partial charge in [0.2, 0.25) is 0 Å². The van der Waals surface area contributed by atoms with Crippen LogP contribution in [0.15, 0.2) is 249 Å². The number of hydrogen-bond acceptors (Lipinski definition) is 3. The minimum Gasteiger partial charge on any atom is -0.309 e. The molecule has 0 fully saturated rings. The van der Waals surface area contributed by atoms with Crippen molar-refractivity contribution < 1.29 is 0 Å². The Morgan fingerprint density at radius 3 is 1.03 bits per heavy atom. The molecule has 0 aliphatic rings. The van der Waals surface area contributed by atoms with Crippen molar-refractivity contribution in [3.05, 3.63) is 249 Å². The molecule has 3 aromatic heterocycles. The fraction of sp³-hybridized carbons (Fsp3) is 0. The molecule has 3 heterocycles. The monoisotopic (exact) mass is 867 g/mol. The lowest BCUT2D eigenvalue weighted by Gasteiger charge is -2.11. The minimum absolute atomic E-state index is 0.636. The Morgan fingerprint density at radius 1 is 0.206 bits per heavy atom. The summed E-state index contributed by atoms with van der Waals surface area (Å²) in [6.07, 6.45) is 0. The zero-order valence-electron chi connectivity index (χ0n) is 36.9. The van der Waals surface area contributed by atoms with Gasteiger partial charge in [0.05, 0.1) is 22.1 Å². The van der Waals surface area contributed by atoms with Gasteiger partial charge in [-0.05, 0) is 100 Å². The van der Waals surface area contributed by atoms with E-state index in [0.717, 1.165) is 44.7 Å². The third kappa shape index (κ3) is 6.84. The molecule has 0 amide bonds. The number of nitrogens with zero attached hydrogens (tertiary/aromatic N) is 5. The maximum atomic E-state index is 5.01. The van der Waals surface area contributed by atoms with E-state index in [1.165, 1.54) is 60.3 Å². The van der Waals surface area contributed by atoms with E-state index in [4.69, 9.17) is 15.0 Å². The van der Waals surface area contributed by atoms with E-state index in [9.17, 15) is 0 Å². The van der Waals surface area contributed by atoms with E-state index in [0.29, 0.717) is 17.5 Å². The van der Waals surface area contributed by atoms with E-state index in [-0.39, 0.29) is 0 Å². The molecule has 0 bridgehead atoms. The second-order valence-electron chi connectivity index (χ2n) is 17.2. The van der Waals surface area contributed by atoms with Crippen LogP contribution in [-0.2, 0) is 0 Å². The summed E-state index contributed by atoms with van der Waals surface area (Å²) in [6.45, 7) is 0. The quantitative estimate of drug-likeness (QED) is 0.153. The molecule has 13 rings (SSSR count). The van der Waals surface area contributed by atoms with Crippen LogP contribution in [0.4, 0.5) is 0 Å². The SMILES string of the molecule is c1ccc(-c2ccc(-n3c4ccccc4c4cc(-c5ccc(-n6c7ccccc7c7cc(-c8cccc(-c9nc(-c%10ccccc%10)nc(-c%10ccccc%10)n9)c8)ccc76)cc5)ccc43)cc2)cc1. The minimum atomic E-state index is 0.636. The summed E-state index contributed by atoms with van der Waals surface area (Å²) >= 11 is 0. The topological polar surface area (TPSA) is 48.5 Å². The van der Waals surface area contributed by atoms with Crippen LogP contribution in [0.5, 0.6) is 0 Å². The first-order chi connectivity index (χ1) is 33.7. The summed E-state index contributed by atoms with van der Waals surface area (Å²) in [4.78, 5) is 14.9. The largest absolute Gasteiger partial charge is 0.309 e. The first-order valence-corrected chi connectivity index (χ1v) is 23.0. The van der Waals surface area contributed by atoms with Gasteiger partial charge < -0.3 is 9.13 Å². The molecule has 0 spiro atoms. The number of hydrogen-bond donors (Lipinski definition) is 0. The normalized spacial score (nSPS) is 11.5. The molecule has 318 valence electrons. The van der Waals surface area contributed by atoms with Gasteiger partial charge in [0.1, 0.15) is 0 Å². The van der Waals surface area contributed by atoms with Gasteiger partial charge in [-0.15, -0.1) is 0 Å². The van der Waals surface area contributed by atoms with E-state index >= 15 is 0 Å². The lowest BCUT2D eigenvalue weighted by molar-refractivity contribution is 1.07. The second-order valence-corrected chi connectivity index (χ2v) is 17.2. The summed E-state index contributed by atoms with van der Waals surface area (Å²) in [5.41, 5.74) is 16.8. The highest BCUT2D eigenvalue weighted by atomic mass is 15.0. The van der Waals surface area contributed by atoms with Crippen LogP contribution in [-0.4, -0.2) is 24.1 Å². The molecular formula is C63H41N5. The van der Waals surface area contributed by atoms with Gasteiger partial charge in [-0.1, -0.05) is 182 Å². The van der Waals surface area contributed by atoms with E-state index in [1.54, 1.807) is 0 Å². The molecular weight excluding hydrogens is 827 g/mol. The molecule has 5 nitrogen and oxygen atoms in total. The predicted molar refractivity (Wildman–Crippen MR) is 281 cm³/mol. The van der Waals surface area contributed by atoms with Crippen LogP contribution >= 0.6 is 0 Å². The third-order valence-electron chi connectivity index (χ3n) is 13.2. The van der Waals surface area contributed by atoms with Crippen molar-refractivity contribution in [1.82, 2.24) is 24.1 Å². The van der Waals surface area contributed by atoms with Crippen LogP contribution < -0.4 is 0 Å². The lowest BCUT2D eigenvalue weighted by atomic mass is 10.0. The second kappa shape index (κ2) is 16.4. The Morgan fingerprint density at radius 2 is 0.529 bits per heavy atom. The summed E-state index contributed by atoms with van der Waals surface area (Å²) in [6, 6.07) is 88.4. The van der Waals surface area contributed by atoms with Crippen LogP contribution in [0.1, 0.15) is 0 Å². The molecule has 0 N–H and O–H groups in total. The van der Waals surface area contributed by atoms with Gasteiger partial charge in [0.15, 0.2) is 17.5 Å². The van der Waals surface area contributed by atoms with Crippen LogP contribution in [0.25, 0.3) is 123 Å². The summed E-state index contributed by atoms with van der Waals surface area (Å²) < 4.78 is 4.77. The zero-order valence-corrected chi connectivity index (χ0v) is 36.9. The molecule has 10 aromatic carbocycles. The van der Waals surface area contributed by atoms with E-state index < -0.39 is 0 Å². The molecule has 13 aromatic rings. The summed E-state index contributed by atoms with van der Waals surface area (Å²) in [5, 5.41) is 4.88. The number of para-hydroxylation sites is 2.